The van der Waals surface area contributed by atoms with E-state index in [-0.39, 0.29) is 5.75 Å². The van der Waals surface area contributed by atoms with E-state index >= 15 is 0 Å². The molecular weight excluding hydrogens is 328 g/mol. The Kier molecular flexibility index (Phi) is 4.79. The summed E-state index contributed by atoms with van der Waals surface area (Å²) in [6, 6.07) is 5.38. The Balaban J connectivity index is 1.60. The van der Waals surface area contributed by atoms with Crippen molar-refractivity contribution in [2.45, 2.75) is 6.92 Å². The molecule has 0 aliphatic carbocycles. The van der Waals surface area contributed by atoms with Gasteiger partial charge in [-0.05, 0) is 25.1 Å². The quantitative estimate of drug-likeness (QED) is 0.860. The van der Waals surface area contributed by atoms with E-state index in [0.29, 0.717) is 5.82 Å². The van der Waals surface area contributed by atoms with E-state index in [1.165, 1.54) is 0 Å². The first kappa shape index (κ1) is 16.4. The summed E-state index contributed by atoms with van der Waals surface area (Å²) in [6.07, 6.45) is 5.19. The van der Waals surface area contributed by atoms with Gasteiger partial charge in [-0.2, -0.15) is 0 Å². The van der Waals surface area contributed by atoms with Crippen molar-refractivity contribution >= 4 is 27.5 Å². The smallest absolute Gasteiger partial charge is 0.233 e. The molecule has 8 nitrogen and oxygen atoms in total. The molecule has 0 spiro atoms. The maximum absolute atomic E-state index is 11.5. The van der Waals surface area contributed by atoms with Crippen LogP contribution in [-0.2, 0) is 10.0 Å². The van der Waals surface area contributed by atoms with Gasteiger partial charge < -0.3 is 9.80 Å². The van der Waals surface area contributed by atoms with E-state index in [2.05, 4.69) is 29.5 Å². The fourth-order valence-electron chi connectivity index (χ4n) is 2.48. The third-order valence-corrected chi connectivity index (χ3v) is 5.15. The van der Waals surface area contributed by atoms with Crippen molar-refractivity contribution in [2.75, 3.05) is 46.5 Å². The Morgan fingerprint density at radius 1 is 1.04 bits per heavy atom. The first-order chi connectivity index (χ1) is 11.6. The van der Waals surface area contributed by atoms with Crippen molar-refractivity contribution in [3.8, 4) is 0 Å². The molecule has 0 radical (unpaired) electrons. The van der Waals surface area contributed by atoms with Gasteiger partial charge in [-0.3, -0.25) is 4.72 Å². The zero-order chi connectivity index (χ0) is 17.0. The van der Waals surface area contributed by atoms with E-state index in [0.717, 1.165) is 37.8 Å². The zero-order valence-electron chi connectivity index (χ0n) is 13.5. The second-order valence-electron chi connectivity index (χ2n) is 5.43. The number of sulfonamides is 1. The summed E-state index contributed by atoms with van der Waals surface area (Å²) in [6.45, 7) is 4.91. The Hall–Kier alpha value is -2.42. The van der Waals surface area contributed by atoms with Gasteiger partial charge in [-0.25, -0.2) is 23.4 Å². The van der Waals surface area contributed by atoms with Gasteiger partial charge in [0.1, 0.15) is 5.82 Å². The highest BCUT2D eigenvalue weighted by Crippen LogP contribution is 2.19. The van der Waals surface area contributed by atoms with Crippen LogP contribution in [0.2, 0.25) is 0 Å². The van der Waals surface area contributed by atoms with Gasteiger partial charge in [0.15, 0.2) is 0 Å². The molecule has 24 heavy (non-hydrogen) atoms. The molecule has 1 fully saturated rings. The first-order valence-electron chi connectivity index (χ1n) is 7.81. The van der Waals surface area contributed by atoms with Crippen molar-refractivity contribution in [1.82, 2.24) is 15.0 Å². The summed E-state index contributed by atoms with van der Waals surface area (Å²) in [5.74, 6) is 1.12. The molecule has 0 bridgehead atoms. The molecule has 1 aliphatic rings. The maximum atomic E-state index is 11.5. The van der Waals surface area contributed by atoms with Crippen LogP contribution in [0.1, 0.15) is 6.92 Å². The molecule has 2 aromatic heterocycles. The Labute approximate surface area is 141 Å². The summed E-state index contributed by atoms with van der Waals surface area (Å²) < 4.78 is 25.5. The Bertz CT molecular complexity index is 758. The number of piperazine rings is 1. The van der Waals surface area contributed by atoms with E-state index in [1.807, 2.05) is 6.07 Å². The number of rotatable bonds is 5. The van der Waals surface area contributed by atoms with Crippen LogP contribution in [0.5, 0.6) is 0 Å². The van der Waals surface area contributed by atoms with Crippen LogP contribution in [-0.4, -0.2) is 55.3 Å². The van der Waals surface area contributed by atoms with Crippen LogP contribution in [0.4, 0.5) is 17.5 Å². The highest BCUT2D eigenvalue weighted by Gasteiger charge is 2.19. The van der Waals surface area contributed by atoms with Crippen LogP contribution >= 0.6 is 0 Å². The van der Waals surface area contributed by atoms with E-state index < -0.39 is 10.0 Å². The van der Waals surface area contributed by atoms with Crippen molar-refractivity contribution < 1.29 is 8.42 Å². The molecule has 9 heteroatoms. The lowest BCUT2D eigenvalue weighted by Gasteiger charge is -2.35. The van der Waals surface area contributed by atoms with Crippen molar-refractivity contribution in [3.05, 3.63) is 36.8 Å². The second kappa shape index (κ2) is 7.00. The molecule has 0 saturated carbocycles. The van der Waals surface area contributed by atoms with E-state index in [4.69, 9.17) is 0 Å². The predicted molar refractivity (Wildman–Crippen MR) is 93.8 cm³/mol. The number of pyridine rings is 1. The monoisotopic (exact) mass is 348 g/mol. The molecular formula is C15H20N6O2S. The van der Waals surface area contributed by atoms with Gasteiger partial charge in [-0.1, -0.05) is 0 Å². The topological polar surface area (TPSA) is 91.3 Å². The molecule has 2 aromatic rings. The van der Waals surface area contributed by atoms with Crippen molar-refractivity contribution in [1.29, 1.82) is 0 Å². The normalized spacial score (nSPS) is 15.4. The predicted octanol–water partition coefficient (Wildman–Crippen LogP) is 0.960. The standard InChI is InChI=1S/C15H20N6O2S/c1-2-24(22,23)19-14-5-4-13(12-18-14)20-8-10-21(11-9-20)15-16-6-3-7-17-15/h3-7,12H,2,8-11H2,1H3,(H,18,19). The number of aromatic nitrogens is 3. The molecule has 128 valence electrons. The van der Waals surface area contributed by atoms with Crippen molar-refractivity contribution in [2.24, 2.45) is 0 Å². The lowest BCUT2D eigenvalue weighted by atomic mass is 10.3. The number of nitrogens with one attached hydrogen (secondary N) is 1. The number of hydrogen-bond acceptors (Lipinski definition) is 7. The van der Waals surface area contributed by atoms with Gasteiger partial charge >= 0.3 is 0 Å². The average molecular weight is 348 g/mol. The number of hydrogen-bond donors (Lipinski definition) is 1. The molecule has 0 aromatic carbocycles. The van der Waals surface area contributed by atoms with Gasteiger partial charge in [-0.15, -0.1) is 0 Å². The van der Waals surface area contributed by atoms with Gasteiger partial charge in [0.25, 0.3) is 0 Å². The largest absolute Gasteiger partial charge is 0.367 e. The lowest BCUT2D eigenvalue weighted by molar-refractivity contribution is 0.602. The zero-order valence-corrected chi connectivity index (χ0v) is 14.3. The summed E-state index contributed by atoms with van der Waals surface area (Å²) in [4.78, 5) is 17.1. The van der Waals surface area contributed by atoms with Crippen molar-refractivity contribution in [3.63, 3.8) is 0 Å². The average Bonchev–Trinajstić information content (AvgIpc) is 2.63. The molecule has 1 N–H and O–H groups in total. The molecule has 0 amide bonds. The Morgan fingerprint density at radius 3 is 2.29 bits per heavy atom. The third-order valence-electron chi connectivity index (χ3n) is 3.87. The fourth-order valence-corrected chi connectivity index (χ4v) is 3.07. The molecule has 0 atom stereocenters. The third kappa shape index (κ3) is 3.91. The lowest BCUT2D eigenvalue weighted by Crippen LogP contribution is -2.47. The minimum atomic E-state index is -3.29. The second-order valence-corrected chi connectivity index (χ2v) is 7.44. The molecule has 1 saturated heterocycles. The van der Waals surface area contributed by atoms with E-state index in [1.54, 1.807) is 37.6 Å². The van der Waals surface area contributed by atoms with Crippen LogP contribution in [0.3, 0.4) is 0 Å². The minimum absolute atomic E-state index is 0.0277. The minimum Gasteiger partial charge on any atom is -0.367 e. The molecule has 1 aliphatic heterocycles. The molecule has 3 heterocycles. The summed E-state index contributed by atoms with van der Waals surface area (Å²) in [5, 5.41) is 0. The number of anilines is 3. The highest BCUT2D eigenvalue weighted by molar-refractivity contribution is 7.92. The SMILES string of the molecule is CCS(=O)(=O)Nc1ccc(N2CCN(c3ncccn3)CC2)cn1. The summed E-state index contributed by atoms with van der Waals surface area (Å²) in [5.41, 5.74) is 0.975. The van der Waals surface area contributed by atoms with Crippen LogP contribution in [0.25, 0.3) is 0 Å². The maximum Gasteiger partial charge on any atom is 0.233 e. The summed E-state index contributed by atoms with van der Waals surface area (Å²) in [7, 11) is -3.29. The van der Waals surface area contributed by atoms with E-state index in [9.17, 15) is 8.42 Å². The molecule has 3 rings (SSSR count). The van der Waals surface area contributed by atoms with Gasteiger partial charge in [0, 0.05) is 38.6 Å². The summed E-state index contributed by atoms with van der Waals surface area (Å²) >= 11 is 0. The van der Waals surface area contributed by atoms with Gasteiger partial charge in [0.2, 0.25) is 16.0 Å². The van der Waals surface area contributed by atoms with Crippen LogP contribution in [0, 0.1) is 0 Å². The molecule has 0 unspecified atom stereocenters. The Morgan fingerprint density at radius 2 is 1.71 bits per heavy atom. The fraction of sp³-hybridized carbons (Fsp3) is 0.400. The highest BCUT2D eigenvalue weighted by atomic mass is 32.2. The van der Waals surface area contributed by atoms with Gasteiger partial charge in [0.05, 0.1) is 17.6 Å². The first-order valence-corrected chi connectivity index (χ1v) is 9.46. The number of nitrogens with zero attached hydrogens (tertiary/aromatic N) is 5. The van der Waals surface area contributed by atoms with Crippen LogP contribution in [0.15, 0.2) is 36.8 Å². The van der Waals surface area contributed by atoms with Crippen LogP contribution < -0.4 is 14.5 Å².